The number of rotatable bonds is 6. The molecule has 2 aliphatic carbocycles. The van der Waals surface area contributed by atoms with Crippen LogP contribution in [0.25, 0.3) is 60.6 Å². The highest BCUT2D eigenvalue weighted by atomic mass is 15.0. The summed E-state index contributed by atoms with van der Waals surface area (Å²) in [5, 5.41) is 11.7. The third-order valence-corrected chi connectivity index (χ3v) is 12.5. The fourth-order valence-electron chi connectivity index (χ4n) is 9.75. The number of hydrogen-bond acceptors (Lipinski definition) is 2. The van der Waals surface area contributed by atoms with Gasteiger partial charge in [0.2, 0.25) is 0 Å². The van der Waals surface area contributed by atoms with Crippen molar-refractivity contribution in [1.29, 1.82) is 0 Å². The lowest BCUT2D eigenvalue weighted by Gasteiger charge is -2.26. The zero-order valence-electron chi connectivity index (χ0n) is 31.3. The van der Waals surface area contributed by atoms with Crippen LogP contribution in [-0.2, 0) is 10.8 Å². The largest absolute Gasteiger partial charge is 0.312 e. The van der Waals surface area contributed by atoms with Crippen molar-refractivity contribution in [2.75, 3.05) is 0 Å². The molecule has 10 rings (SSSR count). The first-order valence-electron chi connectivity index (χ1n) is 19.2. The van der Waals surface area contributed by atoms with Gasteiger partial charge in [0, 0.05) is 10.8 Å². The smallest absolute Gasteiger partial charge is 0.0817 e. The molecule has 0 heterocycles. The standard InChI is InChI=1S/C52H44N2/c1-51(2)43-24-14-19-32(47(43)42-29-34-17-8-9-18-35(34)30-45(42)51)26-28-46(54-50(53)33-15-6-5-7-16-33)36-25-27-41-44(31-36)52(3,4)49-40-23-13-11-21-38(40)37-20-10-12-22-39(37)48(41)49/h5-31,46,50,54H,53H2,1-4H3/b28-26+. The van der Waals surface area contributed by atoms with Crippen molar-refractivity contribution in [3.8, 4) is 22.3 Å². The Morgan fingerprint density at radius 1 is 0.500 bits per heavy atom. The first kappa shape index (κ1) is 32.8. The van der Waals surface area contributed by atoms with E-state index in [2.05, 4.69) is 191 Å². The van der Waals surface area contributed by atoms with E-state index in [-0.39, 0.29) is 23.0 Å². The summed E-state index contributed by atoms with van der Waals surface area (Å²) in [6.07, 6.45) is 4.30. The van der Waals surface area contributed by atoms with Crippen molar-refractivity contribution in [3.63, 3.8) is 0 Å². The Bertz CT molecular complexity index is 2820. The highest BCUT2D eigenvalue weighted by molar-refractivity contribution is 6.18. The van der Waals surface area contributed by atoms with Crippen LogP contribution < -0.4 is 11.1 Å². The number of nitrogens with two attached hydrogens (primary N) is 1. The number of nitrogens with one attached hydrogen (secondary N) is 1. The molecule has 0 saturated carbocycles. The molecule has 2 aliphatic rings. The molecule has 0 aromatic heterocycles. The molecule has 2 atom stereocenters. The monoisotopic (exact) mass is 696 g/mol. The van der Waals surface area contributed by atoms with Gasteiger partial charge >= 0.3 is 0 Å². The Hall–Kier alpha value is -5.80. The Morgan fingerprint density at radius 2 is 1.13 bits per heavy atom. The van der Waals surface area contributed by atoms with Gasteiger partial charge in [-0.15, -0.1) is 0 Å². The van der Waals surface area contributed by atoms with Gasteiger partial charge in [0.25, 0.3) is 0 Å². The maximum Gasteiger partial charge on any atom is 0.0817 e. The van der Waals surface area contributed by atoms with E-state index in [1.54, 1.807) is 0 Å². The van der Waals surface area contributed by atoms with E-state index in [0.717, 1.165) is 5.56 Å². The number of benzene rings is 8. The lowest BCUT2D eigenvalue weighted by Crippen LogP contribution is -2.31. The molecule has 2 heteroatoms. The van der Waals surface area contributed by atoms with E-state index in [1.165, 1.54) is 88.0 Å². The molecule has 0 amide bonds. The van der Waals surface area contributed by atoms with E-state index in [4.69, 9.17) is 5.73 Å². The summed E-state index contributed by atoms with van der Waals surface area (Å²) in [5.41, 5.74) is 21.0. The van der Waals surface area contributed by atoms with E-state index in [1.807, 2.05) is 6.07 Å². The Kier molecular flexibility index (Phi) is 7.36. The summed E-state index contributed by atoms with van der Waals surface area (Å²) in [7, 11) is 0. The summed E-state index contributed by atoms with van der Waals surface area (Å²) in [6, 6.07) is 55.5. The fraction of sp³-hybridized carbons (Fsp3) is 0.154. The molecule has 8 aromatic carbocycles. The minimum absolute atomic E-state index is 0.0964. The third-order valence-electron chi connectivity index (χ3n) is 12.5. The van der Waals surface area contributed by atoms with Crippen molar-refractivity contribution in [2.24, 2.45) is 5.73 Å². The van der Waals surface area contributed by atoms with Gasteiger partial charge in [-0.25, -0.2) is 0 Å². The summed E-state index contributed by atoms with van der Waals surface area (Å²) >= 11 is 0. The van der Waals surface area contributed by atoms with Gasteiger partial charge in [-0.05, 0) is 106 Å². The molecule has 0 fully saturated rings. The molecule has 54 heavy (non-hydrogen) atoms. The number of hydrogen-bond donors (Lipinski definition) is 2. The Labute approximate surface area is 318 Å². The second-order valence-electron chi connectivity index (χ2n) is 16.3. The molecule has 8 aromatic rings. The molecule has 262 valence electrons. The van der Waals surface area contributed by atoms with Gasteiger partial charge in [0.15, 0.2) is 0 Å². The zero-order valence-corrected chi connectivity index (χ0v) is 31.3. The molecule has 0 saturated heterocycles. The van der Waals surface area contributed by atoms with Crippen LogP contribution >= 0.6 is 0 Å². The van der Waals surface area contributed by atoms with Crippen LogP contribution in [-0.4, -0.2) is 0 Å². The average molecular weight is 697 g/mol. The maximum atomic E-state index is 6.96. The predicted octanol–water partition coefficient (Wildman–Crippen LogP) is 12.8. The van der Waals surface area contributed by atoms with Crippen LogP contribution in [0.5, 0.6) is 0 Å². The van der Waals surface area contributed by atoms with Gasteiger partial charge < -0.3 is 5.73 Å². The quantitative estimate of drug-likeness (QED) is 0.134. The zero-order chi connectivity index (χ0) is 36.8. The average Bonchev–Trinajstić information content (AvgIpc) is 3.58. The molecule has 0 radical (unpaired) electrons. The van der Waals surface area contributed by atoms with Crippen molar-refractivity contribution >= 4 is 38.4 Å². The topological polar surface area (TPSA) is 38.0 Å². The van der Waals surface area contributed by atoms with Crippen molar-refractivity contribution in [2.45, 2.75) is 50.7 Å². The van der Waals surface area contributed by atoms with Crippen molar-refractivity contribution < 1.29 is 0 Å². The van der Waals surface area contributed by atoms with Crippen LogP contribution in [0.1, 0.15) is 78.8 Å². The molecule has 3 N–H and O–H groups in total. The molecule has 0 aliphatic heterocycles. The van der Waals surface area contributed by atoms with Crippen molar-refractivity contribution in [3.05, 3.63) is 197 Å². The lowest BCUT2D eigenvalue weighted by molar-refractivity contribution is 0.508. The van der Waals surface area contributed by atoms with E-state index in [0.29, 0.717) is 0 Å². The third kappa shape index (κ3) is 4.87. The van der Waals surface area contributed by atoms with Crippen LogP contribution in [0.4, 0.5) is 0 Å². The van der Waals surface area contributed by atoms with Gasteiger partial charge in [0.05, 0.1) is 12.2 Å². The maximum absolute atomic E-state index is 6.96. The lowest BCUT2D eigenvalue weighted by atomic mass is 9.78. The van der Waals surface area contributed by atoms with E-state index < -0.39 is 0 Å². The first-order chi connectivity index (χ1) is 26.2. The van der Waals surface area contributed by atoms with Crippen LogP contribution in [0.3, 0.4) is 0 Å². The van der Waals surface area contributed by atoms with Crippen LogP contribution in [0.15, 0.2) is 158 Å². The Balaban J connectivity index is 1.12. The molecule has 0 bridgehead atoms. The second-order valence-corrected chi connectivity index (χ2v) is 16.3. The molecule has 2 unspecified atom stereocenters. The second kappa shape index (κ2) is 12.1. The Morgan fingerprint density at radius 3 is 1.89 bits per heavy atom. The van der Waals surface area contributed by atoms with Crippen LogP contribution in [0.2, 0.25) is 0 Å². The SMILES string of the molecule is CC1(C)c2cc3ccccc3cc2-c2c(/C=C/C(NC(N)c3ccccc3)c3ccc4c(c3)C(C)(C)c3c-4c4ccccc4c4ccccc34)cccc21. The van der Waals surface area contributed by atoms with Crippen molar-refractivity contribution in [1.82, 2.24) is 5.32 Å². The summed E-state index contributed by atoms with van der Waals surface area (Å²) in [6.45, 7) is 9.51. The first-order valence-corrected chi connectivity index (χ1v) is 19.2. The molecule has 2 nitrogen and oxygen atoms in total. The molecule has 0 spiro atoms. The van der Waals surface area contributed by atoms with E-state index in [9.17, 15) is 0 Å². The highest BCUT2D eigenvalue weighted by Crippen LogP contribution is 2.55. The molecular formula is C52H44N2. The van der Waals surface area contributed by atoms with Gasteiger partial charge in [-0.2, -0.15) is 0 Å². The minimum atomic E-state index is -0.347. The fourth-order valence-corrected chi connectivity index (χ4v) is 9.75. The number of fused-ring (bicyclic) bond motifs is 12. The van der Waals surface area contributed by atoms with Crippen LogP contribution in [0, 0.1) is 0 Å². The summed E-state index contributed by atoms with van der Waals surface area (Å²) in [5.74, 6) is 0. The summed E-state index contributed by atoms with van der Waals surface area (Å²) < 4.78 is 0. The molecular weight excluding hydrogens is 653 g/mol. The summed E-state index contributed by atoms with van der Waals surface area (Å²) in [4.78, 5) is 0. The van der Waals surface area contributed by atoms with Gasteiger partial charge in [0.1, 0.15) is 0 Å². The normalized spacial score (nSPS) is 16.0. The van der Waals surface area contributed by atoms with E-state index >= 15 is 0 Å². The van der Waals surface area contributed by atoms with Gasteiger partial charge in [-0.1, -0.05) is 179 Å². The van der Waals surface area contributed by atoms with Gasteiger partial charge in [-0.3, -0.25) is 5.32 Å². The minimum Gasteiger partial charge on any atom is -0.312 e. The predicted molar refractivity (Wildman–Crippen MR) is 229 cm³/mol. The highest BCUT2D eigenvalue weighted by Gasteiger charge is 2.39.